The summed E-state index contributed by atoms with van der Waals surface area (Å²) in [6, 6.07) is -0.135. The Labute approximate surface area is 61.1 Å². The van der Waals surface area contributed by atoms with Crippen molar-refractivity contribution in [3.8, 4) is 0 Å². The van der Waals surface area contributed by atoms with Crippen LogP contribution in [-0.4, -0.2) is 27.5 Å². The van der Waals surface area contributed by atoms with E-state index < -0.39 is 0 Å². The molecule has 0 aliphatic carbocycles. The molecule has 0 aromatic rings. The van der Waals surface area contributed by atoms with Crippen molar-refractivity contribution in [1.82, 2.24) is 5.23 Å². The first-order valence-corrected chi connectivity index (χ1v) is 3.66. The van der Waals surface area contributed by atoms with Crippen LogP contribution in [0.3, 0.4) is 0 Å². The number of hydroxylamine groups is 2. The van der Waals surface area contributed by atoms with Crippen molar-refractivity contribution < 1.29 is 10.1 Å². The van der Waals surface area contributed by atoms with E-state index in [0.29, 0.717) is 5.33 Å². The predicted molar refractivity (Wildman–Crippen MR) is 35.4 cm³/mol. The summed E-state index contributed by atoms with van der Waals surface area (Å²) in [6.45, 7) is 1.80. The first-order chi connectivity index (χ1) is 4.25. The highest BCUT2D eigenvalue weighted by atomic mass is 79.9. The van der Waals surface area contributed by atoms with Gasteiger partial charge in [-0.3, -0.25) is 10.1 Å². The average Bonchev–Trinajstić information content (AvgIpc) is 2.15. The summed E-state index contributed by atoms with van der Waals surface area (Å²) in [6.07, 6.45) is 0. The van der Waals surface area contributed by atoms with Crippen LogP contribution in [0.5, 0.6) is 0 Å². The molecule has 1 N–H and O–H groups in total. The normalized spacial score (nSPS) is 27.9. The summed E-state index contributed by atoms with van der Waals surface area (Å²) in [4.78, 5) is 4.42. The summed E-state index contributed by atoms with van der Waals surface area (Å²) >= 11 is 3.20. The van der Waals surface area contributed by atoms with E-state index in [1.807, 2.05) is 0 Å². The topological polar surface area (TPSA) is 45.1 Å². The van der Waals surface area contributed by atoms with Gasteiger partial charge in [0.15, 0.2) is 0 Å². The Morgan fingerprint density at radius 1 is 2.00 bits per heavy atom. The van der Waals surface area contributed by atoms with Gasteiger partial charge in [-0.1, -0.05) is 21.1 Å². The van der Waals surface area contributed by atoms with Crippen LogP contribution in [0.1, 0.15) is 6.92 Å². The molecule has 0 amide bonds. The van der Waals surface area contributed by atoms with E-state index in [9.17, 15) is 0 Å². The van der Waals surface area contributed by atoms with Crippen LogP contribution < -0.4 is 0 Å². The van der Waals surface area contributed by atoms with Gasteiger partial charge in [-0.05, 0) is 6.92 Å². The Bertz CT molecular complexity index is 139. The minimum atomic E-state index is -0.135. The lowest BCUT2D eigenvalue weighted by Crippen LogP contribution is -2.29. The number of oxime groups is 1. The Hall–Kier alpha value is -0.130. The van der Waals surface area contributed by atoms with E-state index in [2.05, 4.69) is 26.0 Å². The molecule has 0 spiro atoms. The summed E-state index contributed by atoms with van der Waals surface area (Å²) in [5.41, 5.74) is 0.789. The fourth-order valence-corrected chi connectivity index (χ4v) is 1.08. The molecule has 52 valence electrons. The fourth-order valence-electron chi connectivity index (χ4n) is 0.505. The van der Waals surface area contributed by atoms with E-state index in [0.717, 1.165) is 10.9 Å². The van der Waals surface area contributed by atoms with Crippen molar-refractivity contribution in [2.75, 3.05) is 5.33 Å². The van der Waals surface area contributed by atoms with Crippen molar-refractivity contribution >= 4 is 21.6 Å². The second kappa shape index (κ2) is 2.64. The summed E-state index contributed by atoms with van der Waals surface area (Å²) < 4.78 is 0. The van der Waals surface area contributed by atoms with E-state index in [4.69, 9.17) is 5.21 Å². The molecule has 0 saturated heterocycles. The van der Waals surface area contributed by atoms with Crippen molar-refractivity contribution in [1.29, 1.82) is 0 Å². The largest absolute Gasteiger partial charge is 0.278 e. The highest BCUT2D eigenvalue weighted by molar-refractivity contribution is 9.09. The minimum Gasteiger partial charge on any atom is -0.278 e. The smallest absolute Gasteiger partial charge is 0.116 e. The number of nitrogens with zero attached hydrogens (tertiary/aromatic N) is 2. The van der Waals surface area contributed by atoms with Crippen LogP contribution >= 0.6 is 15.9 Å². The standard InChI is InChI=1S/C4H7BrN2O2/c1-3-4(2-5)6-9-7(3)8/h3,8H,2H2,1H3. The van der Waals surface area contributed by atoms with Crippen molar-refractivity contribution in [3.05, 3.63) is 0 Å². The molecule has 0 saturated carbocycles. The molecule has 5 heteroatoms. The van der Waals surface area contributed by atoms with Crippen molar-refractivity contribution in [2.45, 2.75) is 13.0 Å². The predicted octanol–water partition coefficient (Wildman–Crippen LogP) is 0.762. The molecular weight excluding hydrogens is 188 g/mol. The summed E-state index contributed by atoms with van der Waals surface area (Å²) in [5.74, 6) is 0. The lowest BCUT2D eigenvalue weighted by molar-refractivity contribution is -0.336. The first-order valence-electron chi connectivity index (χ1n) is 2.53. The fraction of sp³-hybridized carbons (Fsp3) is 0.750. The van der Waals surface area contributed by atoms with E-state index in [1.54, 1.807) is 6.92 Å². The van der Waals surface area contributed by atoms with Crippen LogP contribution in [-0.2, 0) is 4.94 Å². The van der Waals surface area contributed by atoms with Crippen molar-refractivity contribution in [2.24, 2.45) is 5.16 Å². The number of hydrogen-bond donors (Lipinski definition) is 1. The molecule has 9 heavy (non-hydrogen) atoms. The van der Waals surface area contributed by atoms with Gasteiger partial charge >= 0.3 is 0 Å². The van der Waals surface area contributed by atoms with Gasteiger partial charge in [0.1, 0.15) is 6.04 Å². The third kappa shape index (κ3) is 1.23. The van der Waals surface area contributed by atoms with Crippen LogP contribution in [0.25, 0.3) is 0 Å². The van der Waals surface area contributed by atoms with E-state index in [1.165, 1.54) is 0 Å². The molecule has 1 aliphatic rings. The SMILES string of the molecule is CC1C(CBr)=NON1O. The van der Waals surface area contributed by atoms with Gasteiger partial charge in [0.25, 0.3) is 0 Å². The molecule has 4 nitrogen and oxygen atoms in total. The zero-order valence-electron chi connectivity index (χ0n) is 4.91. The monoisotopic (exact) mass is 194 g/mol. The molecule has 0 aromatic carbocycles. The summed E-state index contributed by atoms with van der Waals surface area (Å²) in [5, 5.41) is 13.7. The van der Waals surface area contributed by atoms with E-state index in [-0.39, 0.29) is 6.04 Å². The highest BCUT2D eigenvalue weighted by Gasteiger charge is 2.25. The van der Waals surface area contributed by atoms with Gasteiger partial charge < -0.3 is 0 Å². The Balaban J connectivity index is 2.55. The Kier molecular flexibility index (Phi) is 2.05. The lowest BCUT2D eigenvalue weighted by atomic mass is 10.2. The van der Waals surface area contributed by atoms with Gasteiger partial charge in [-0.25, -0.2) is 0 Å². The molecule has 1 unspecified atom stereocenters. The zero-order valence-corrected chi connectivity index (χ0v) is 6.50. The molecule has 0 aromatic heterocycles. The van der Waals surface area contributed by atoms with E-state index >= 15 is 0 Å². The number of rotatable bonds is 1. The maximum absolute atomic E-state index is 8.77. The third-order valence-electron chi connectivity index (χ3n) is 1.19. The minimum absolute atomic E-state index is 0.135. The molecule has 1 heterocycles. The number of alkyl halides is 1. The Morgan fingerprint density at radius 2 is 2.67 bits per heavy atom. The van der Waals surface area contributed by atoms with Crippen LogP contribution in [0.2, 0.25) is 0 Å². The second-order valence-corrected chi connectivity index (χ2v) is 2.34. The molecule has 1 rings (SSSR count). The Morgan fingerprint density at radius 3 is 2.89 bits per heavy atom. The number of hydrogen-bond acceptors (Lipinski definition) is 4. The molecule has 0 bridgehead atoms. The van der Waals surface area contributed by atoms with Gasteiger partial charge in [0.05, 0.1) is 5.71 Å². The van der Waals surface area contributed by atoms with Crippen LogP contribution in [0.4, 0.5) is 0 Å². The van der Waals surface area contributed by atoms with Crippen LogP contribution in [0.15, 0.2) is 5.16 Å². The quantitative estimate of drug-likeness (QED) is 0.628. The van der Waals surface area contributed by atoms with Crippen molar-refractivity contribution in [3.63, 3.8) is 0 Å². The molecule has 0 fully saturated rings. The van der Waals surface area contributed by atoms with Gasteiger partial charge in [0.2, 0.25) is 0 Å². The first kappa shape index (κ1) is 6.98. The molecule has 0 radical (unpaired) electrons. The third-order valence-corrected chi connectivity index (χ3v) is 1.77. The number of halogens is 1. The molecule has 1 aliphatic heterocycles. The maximum Gasteiger partial charge on any atom is 0.116 e. The van der Waals surface area contributed by atoms with Crippen LogP contribution in [0, 0.1) is 0 Å². The second-order valence-electron chi connectivity index (χ2n) is 1.78. The lowest BCUT2D eigenvalue weighted by Gasteiger charge is -2.07. The maximum atomic E-state index is 8.77. The molecular formula is C4H7BrN2O2. The summed E-state index contributed by atoms with van der Waals surface area (Å²) in [7, 11) is 0. The molecule has 1 atom stereocenters. The average molecular weight is 195 g/mol. The van der Waals surface area contributed by atoms with Gasteiger partial charge in [0, 0.05) is 10.6 Å². The van der Waals surface area contributed by atoms with Gasteiger partial charge in [-0.15, -0.1) is 0 Å². The highest BCUT2D eigenvalue weighted by Crippen LogP contribution is 2.09. The van der Waals surface area contributed by atoms with Gasteiger partial charge in [-0.2, -0.15) is 0 Å². The zero-order chi connectivity index (χ0) is 6.85.